The summed E-state index contributed by atoms with van der Waals surface area (Å²) in [6.07, 6.45) is 1.31. The first-order valence-electron chi connectivity index (χ1n) is 5.28. The molecule has 90 valence electrons. The maximum Gasteiger partial charge on any atom is 0.341 e. The van der Waals surface area contributed by atoms with Crippen LogP contribution in [-0.2, 0) is 0 Å². The second kappa shape index (κ2) is 5.09. The standard InChI is InChI=1S/C13H10N2O3/c16-14(10-11-6-2-1-3-7-11)12-8-4-5-9-13(12)15(17)18/h1-10H/b14-10+. The molecule has 0 spiro atoms. The molecule has 2 aromatic rings. The van der Waals surface area contributed by atoms with Gasteiger partial charge in [0.05, 0.1) is 4.92 Å². The molecule has 0 unspecified atom stereocenters. The summed E-state index contributed by atoms with van der Waals surface area (Å²) >= 11 is 0. The zero-order valence-electron chi connectivity index (χ0n) is 9.39. The van der Waals surface area contributed by atoms with Crippen LogP contribution in [-0.4, -0.2) is 15.9 Å². The number of nitro groups is 1. The van der Waals surface area contributed by atoms with E-state index in [1.54, 1.807) is 30.3 Å². The maximum absolute atomic E-state index is 11.9. The Hall–Kier alpha value is -2.69. The van der Waals surface area contributed by atoms with Crippen molar-refractivity contribution in [2.75, 3.05) is 0 Å². The van der Waals surface area contributed by atoms with Crippen molar-refractivity contribution in [3.05, 3.63) is 75.5 Å². The minimum atomic E-state index is -0.570. The Morgan fingerprint density at radius 1 is 0.833 bits per heavy atom. The maximum atomic E-state index is 11.9. The van der Waals surface area contributed by atoms with Crippen molar-refractivity contribution < 1.29 is 9.66 Å². The SMILES string of the molecule is O=[N+]([O-])c1ccccc1/[N+]([O-])=C\c1ccccc1. The average molecular weight is 242 g/mol. The first-order valence-corrected chi connectivity index (χ1v) is 5.28. The van der Waals surface area contributed by atoms with Gasteiger partial charge in [-0.25, -0.2) is 0 Å². The summed E-state index contributed by atoms with van der Waals surface area (Å²) in [6.45, 7) is 0. The zero-order valence-corrected chi connectivity index (χ0v) is 9.39. The summed E-state index contributed by atoms with van der Waals surface area (Å²) < 4.78 is 0.507. The third kappa shape index (κ3) is 2.52. The highest BCUT2D eigenvalue weighted by molar-refractivity contribution is 5.77. The molecule has 0 heterocycles. The van der Waals surface area contributed by atoms with Gasteiger partial charge in [0.25, 0.3) is 5.69 Å². The Kier molecular flexibility index (Phi) is 3.33. The third-order valence-electron chi connectivity index (χ3n) is 2.38. The van der Waals surface area contributed by atoms with Crippen LogP contribution in [0, 0.1) is 15.3 Å². The van der Waals surface area contributed by atoms with Crippen LogP contribution in [0.3, 0.4) is 0 Å². The number of benzene rings is 2. The van der Waals surface area contributed by atoms with Gasteiger partial charge in [-0.3, -0.25) is 10.1 Å². The summed E-state index contributed by atoms with van der Waals surface area (Å²) in [5, 5.41) is 22.7. The summed E-state index contributed by atoms with van der Waals surface area (Å²) in [6, 6.07) is 14.8. The molecule has 2 aromatic carbocycles. The number of rotatable bonds is 3. The predicted molar refractivity (Wildman–Crippen MR) is 68.0 cm³/mol. The molecule has 5 nitrogen and oxygen atoms in total. The molecule has 0 radical (unpaired) electrons. The Balaban J connectivity index is 2.43. The molecular weight excluding hydrogens is 232 g/mol. The Morgan fingerprint density at radius 2 is 1.39 bits per heavy atom. The number of nitro benzene ring substituents is 1. The van der Waals surface area contributed by atoms with Gasteiger partial charge in [-0.2, -0.15) is 4.74 Å². The van der Waals surface area contributed by atoms with Crippen molar-refractivity contribution in [1.29, 1.82) is 0 Å². The van der Waals surface area contributed by atoms with E-state index in [4.69, 9.17) is 0 Å². The van der Waals surface area contributed by atoms with Crippen molar-refractivity contribution in [3.63, 3.8) is 0 Å². The predicted octanol–water partition coefficient (Wildman–Crippen LogP) is 2.86. The summed E-state index contributed by atoms with van der Waals surface area (Å²) in [4.78, 5) is 10.2. The van der Waals surface area contributed by atoms with Crippen LogP contribution in [0.4, 0.5) is 11.4 Å². The van der Waals surface area contributed by atoms with Crippen LogP contribution in [0.25, 0.3) is 0 Å². The Bertz CT molecular complexity index is 594. The van der Waals surface area contributed by atoms with Crippen LogP contribution >= 0.6 is 0 Å². The van der Waals surface area contributed by atoms with Gasteiger partial charge in [-0.1, -0.05) is 30.3 Å². The highest BCUT2D eigenvalue weighted by Crippen LogP contribution is 2.25. The first-order chi connectivity index (χ1) is 8.68. The van der Waals surface area contributed by atoms with Crippen molar-refractivity contribution in [1.82, 2.24) is 0 Å². The molecule has 2 rings (SSSR count). The highest BCUT2D eigenvalue weighted by Gasteiger charge is 2.19. The van der Waals surface area contributed by atoms with Gasteiger partial charge in [0.2, 0.25) is 0 Å². The van der Waals surface area contributed by atoms with E-state index in [1.165, 1.54) is 24.4 Å². The highest BCUT2D eigenvalue weighted by atomic mass is 16.6. The molecule has 5 heteroatoms. The molecule has 0 saturated carbocycles. The lowest BCUT2D eigenvalue weighted by atomic mass is 10.2. The van der Waals surface area contributed by atoms with Crippen LogP contribution in [0.15, 0.2) is 54.6 Å². The minimum Gasteiger partial charge on any atom is -0.618 e. The molecule has 0 aliphatic heterocycles. The summed E-state index contributed by atoms with van der Waals surface area (Å²) in [7, 11) is 0. The Morgan fingerprint density at radius 3 is 2.00 bits per heavy atom. The lowest BCUT2D eigenvalue weighted by molar-refractivity contribution is -0.410. The van der Waals surface area contributed by atoms with Crippen LogP contribution in [0.2, 0.25) is 0 Å². The summed E-state index contributed by atoms with van der Waals surface area (Å²) in [5.74, 6) is 0. The monoisotopic (exact) mass is 242 g/mol. The van der Waals surface area contributed by atoms with E-state index in [1.807, 2.05) is 6.07 Å². The van der Waals surface area contributed by atoms with E-state index in [9.17, 15) is 15.3 Å². The van der Waals surface area contributed by atoms with Crippen molar-refractivity contribution in [3.8, 4) is 0 Å². The number of nitrogens with zero attached hydrogens (tertiary/aromatic N) is 2. The van der Waals surface area contributed by atoms with Gasteiger partial charge in [-0.05, 0) is 12.1 Å². The lowest BCUT2D eigenvalue weighted by Gasteiger charge is -2.03. The van der Waals surface area contributed by atoms with Crippen molar-refractivity contribution in [2.45, 2.75) is 0 Å². The van der Waals surface area contributed by atoms with E-state index in [0.717, 1.165) is 0 Å². The number of hydrogen-bond donors (Lipinski definition) is 0. The van der Waals surface area contributed by atoms with Crippen LogP contribution in [0.1, 0.15) is 5.56 Å². The van der Waals surface area contributed by atoms with E-state index < -0.39 is 4.92 Å². The molecule has 18 heavy (non-hydrogen) atoms. The minimum absolute atomic E-state index is 0.0198. The molecule has 0 atom stereocenters. The van der Waals surface area contributed by atoms with Crippen molar-refractivity contribution >= 4 is 17.6 Å². The fourth-order valence-corrected chi connectivity index (χ4v) is 1.55. The normalized spacial score (nSPS) is 11.2. The molecule has 0 saturated heterocycles. The van der Waals surface area contributed by atoms with E-state index in [2.05, 4.69) is 0 Å². The van der Waals surface area contributed by atoms with Crippen LogP contribution < -0.4 is 0 Å². The molecule has 0 amide bonds. The Labute approximate surface area is 103 Å². The van der Waals surface area contributed by atoms with Gasteiger partial charge < -0.3 is 5.21 Å². The van der Waals surface area contributed by atoms with Gasteiger partial charge in [0, 0.05) is 17.7 Å². The first kappa shape index (κ1) is 11.8. The second-order valence-electron chi connectivity index (χ2n) is 3.61. The van der Waals surface area contributed by atoms with E-state index in [0.29, 0.717) is 10.3 Å². The third-order valence-corrected chi connectivity index (χ3v) is 2.38. The van der Waals surface area contributed by atoms with E-state index in [-0.39, 0.29) is 11.4 Å². The fraction of sp³-hybridized carbons (Fsp3) is 0. The molecular formula is C13H10N2O3. The van der Waals surface area contributed by atoms with Gasteiger partial charge >= 0.3 is 5.69 Å². The van der Waals surface area contributed by atoms with Gasteiger partial charge in [0.1, 0.15) is 0 Å². The second-order valence-corrected chi connectivity index (χ2v) is 3.61. The number of para-hydroxylation sites is 2. The largest absolute Gasteiger partial charge is 0.618 e. The fourth-order valence-electron chi connectivity index (χ4n) is 1.55. The molecule has 0 fully saturated rings. The van der Waals surface area contributed by atoms with Gasteiger partial charge in [0.15, 0.2) is 6.21 Å². The lowest BCUT2D eigenvalue weighted by Crippen LogP contribution is -2.02. The van der Waals surface area contributed by atoms with Crippen molar-refractivity contribution in [2.24, 2.45) is 0 Å². The average Bonchev–Trinajstić information content (AvgIpc) is 2.40. The summed E-state index contributed by atoms with van der Waals surface area (Å²) in [5.41, 5.74) is 0.497. The molecule has 0 bridgehead atoms. The molecule has 0 aliphatic rings. The number of hydrogen-bond acceptors (Lipinski definition) is 3. The molecule has 0 aliphatic carbocycles. The van der Waals surface area contributed by atoms with E-state index >= 15 is 0 Å². The quantitative estimate of drug-likeness (QED) is 0.273. The molecule has 0 aromatic heterocycles. The van der Waals surface area contributed by atoms with Crippen LogP contribution in [0.5, 0.6) is 0 Å². The van der Waals surface area contributed by atoms with Gasteiger partial charge in [-0.15, -0.1) is 0 Å². The molecule has 0 N–H and O–H groups in total. The topological polar surface area (TPSA) is 69.2 Å². The smallest absolute Gasteiger partial charge is 0.341 e. The zero-order chi connectivity index (χ0) is 13.0.